The number of allylic oxidation sites excluding steroid dienone is 1. The minimum Gasteiger partial charge on any atom is -0.464 e. The summed E-state index contributed by atoms with van der Waals surface area (Å²) in [6, 6.07) is 0. The van der Waals surface area contributed by atoms with Gasteiger partial charge in [0.05, 0.1) is 7.11 Å². The van der Waals surface area contributed by atoms with Crippen molar-refractivity contribution in [3.8, 4) is 0 Å². The average Bonchev–Trinajstić information content (AvgIpc) is 2.21. The Kier molecular flexibility index (Phi) is 4.84. The molecule has 0 spiro atoms. The van der Waals surface area contributed by atoms with Crippen molar-refractivity contribution in [2.45, 2.75) is 53.1 Å². The van der Waals surface area contributed by atoms with Crippen LogP contribution < -0.4 is 5.32 Å². The summed E-state index contributed by atoms with van der Waals surface area (Å²) < 4.78 is 9.83. The molecule has 0 atom stereocenters. The largest absolute Gasteiger partial charge is 0.464 e. The number of rotatable bonds is 3. The molecule has 5 heteroatoms. The summed E-state index contributed by atoms with van der Waals surface area (Å²) in [5.74, 6) is -0.269. The molecule has 1 aliphatic carbocycles. The molecule has 0 bridgehead atoms. The van der Waals surface area contributed by atoms with Crippen LogP contribution in [0, 0.1) is 11.3 Å². The van der Waals surface area contributed by atoms with Gasteiger partial charge in [-0.2, -0.15) is 0 Å². The molecule has 20 heavy (non-hydrogen) atoms. The van der Waals surface area contributed by atoms with Gasteiger partial charge in [-0.3, -0.25) is 5.32 Å². The predicted molar refractivity (Wildman–Crippen MR) is 76.0 cm³/mol. The molecule has 0 aromatic rings. The summed E-state index contributed by atoms with van der Waals surface area (Å²) in [4.78, 5) is 23.4. The number of hydrogen-bond acceptors (Lipinski definition) is 4. The number of ether oxygens (including phenoxy) is 2. The van der Waals surface area contributed by atoms with E-state index < -0.39 is 17.7 Å². The quantitative estimate of drug-likeness (QED) is 0.639. The highest BCUT2D eigenvalue weighted by molar-refractivity contribution is 5.92. The second-order valence-corrected chi connectivity index (χ2v) is 7.03. The molecule has 1 aliphatic rings. The molecule has 0 unspecified atom stereocenters. The first-order valence-electron chi connectivity index (χ1n) is 6.82. The second-order valence-electron chi connectivity index (χ2n) is 7.03. The molecule has 5 nitrogen and oxygen atoms in total. The number of alkyl carbamates (subject to hydrolysis) is 1. The van der Waals surface area contributed by atoms with E-state index >= 15 is 0 Å². The van der Waals surface area contributed by atoms with Gasteiger partial charge in [0, 0.05) is 0 Å². The van der Waals surface area contributed by atoms with Crippen molar-refractivity contribution in [1.82, 2.24) is 5.32 Å². The first kappa shape index (κ1) is 16.5. The van der Waals surface area contributed by atoms with Gasteiger partial charge in [-0.25, -0.2) is 9.59 Å². The highest BCUT2D eigenvalue weighted by Gasteiger charge is 2.35. The Hall–Kier alpha value is -1.52. The van der Waals surface area contributed by atoms with Crippen molar-refractivity contribution in [3.63, 3.8) is 0 Å². The van der Waals surface area contributed by atoms with E-state index in [9.17, 15) is 9.59 Å². The second kappa shape index (κ2) is 5.85. The summed E-state index contributed by atoms with van der Waals surface area (Å²) in [7, 11) is 1.29. The molecule has 0 aromatic heterocycles. The van der Waals surface area contributed by atoms with E-state index in [0.29, 0.717) is 5.41 Å². The first-order chi connectivity index (χ1) is 9.02. The third-order valence-electron chi connectivity index (χ3n) is 3.07. The molecule has 1 saturated carbocycles. The van der Waals surface area contributed by atoms with Crippen molar-refractivity contribution < 1.29 is 19.1 Å². The van der Waals surface area contributed by atoms with Crippen molar-refractivity contribution >= 4 is 12.1 Å². The van der Waals surface area contributed by atoms with Crippen LogP contribution in [0.5, 0.6) is 0 Å². The summed E-state index contributed by atoms with van der Waals surface area (Å²) in [6.45, 7) is 9.65. The molecule has 114 valence electrons. The molecule has 0 aromatic carbocycles. The third-order valence-corrected chi connectivity index (χ3v) is 3.07. The molecule has 0 heterocycles. The van der Waals surface area contributed by atoms with Gasteiger partial charge in [0.15, 0.2) is 0 Å². The number of carbonyl (C=O) groups excluding carboxylic acids is 2. The van der Waals surface area contributed by atoms with Crippen molar-refractivity contribution in [2.24, 2.45) is 11.3 Å². The molecule has 0 radical (unpaired) electrons. The van der Waals surface area contributed by atoms with E-state index in [0.717, 1.165) is 12.8 Å². The van der Waals surface area contributed by atoms with E-state index in [2.05, 4.69) is 23.9 Å². The van der Waals surface area contributed by atoms with E-state index in [1.807, 2.05) is 0 Å². The Labute approximate surface area is 120 Å². The number of methoxy groups -OCH3 is 1. The summed E-state index contributed by atoms with van der Waals surface area (Å²) in [5.41, 5.74) is -0.153. The lowest BCUT2D eigenvalue weighted by molar-refractivity contribution is -0.136. The van der Waals surface area contributed by atoms with E-state index in [4.69, 9.17) is 4.74 Å². The standard InChI is InChI=1S/C15H25NO4/c1-14(2,3)20-13(18)16-11(12(17)19-6)7-10-8-15(4,5)9-10/h7,10H,8-9H2,1-6H3,(H,16,18)/b11-7+. The number of nitrogens with one attached hydrogen (secondary N) is 1. The van der Waals surface area contributed by atoms with Gasteiger partial charge < -0.3 is 9.47 Å². The van der Waals surface area contributed by atoms with Gasteiger partial charge in [-0.1, -0.05) is 19.9 Å². The molecule has 1 fully saturated rings. The molecular weight excluding hydrogens is 258 g/mol. The van der Waals surface area contributed by atoms with Crippen molar-refractivity contribution in [2.75, 3.05) is 7.11 Å². The third kappa shape index (κ3) is 5.23. The molecule has 0 aliphatic heterocycles. The Bertz CT molecular complexity index is 410. The van der Waals surface area contributed by atoms with E-state index in [1.54, 1.807) is 26.8 Å². The number of hydrogen-bond donors (Lipinski definition) is 1. The molecular formula is C15H25NO4. The predicted octanol–water partition coefficient (Wildman–Crippen LogP) is 3.00. The smallest absolute Gasteiger partial charge is 0.412 e. The lowest BCUT2D eigenvalue weighted by Crippen LogP contribution is -2.36. The van der Waals surface area contributed by atoms with Crippen LogP contribution in [0.3, 0.4) is 0 Å². The fourth-order valence-corrected chi connectivity index (χ4v) is 2.40. The zero-order valence-corrected chi connectivity index (χ0v) is 13.2. The maximum Gasteiger partial charge on any atom is 0.412 e. The number of amides is 1. The van der Waals surface area contributed by atoms with Crippen LogP contribution in [-0.2, 0) is 14.3 Å². The van der Waals surface area contributed by atoms with Crippen LogP contribution in [-0.4, -0.2) is 24.8 Å². The highest BCUT2D eigenvalue weighted by atomic mass is 16.6. The minimum atomic E-state index is -0.646. The average molecular weight is 283 g/mol. The van der Waals surface area contributed by atoms with E-state index in [-0.39, 0.29) is 11.6 Å². The zero-order valence-electron chi connectivity index (χ0n) is 13.2. The van der Waals surface area contributed by atoms with Gasteiger partial charge in [0.1, 0.15) is 11.3 Å². The minimum absolute atomic E-state index is 0.155. The molecule has 1 amide bonds. The Balaban J connectivity index is 2.69. The van der Waals surface area contributed by atoms with Crippen LogP contribution >= 0.6 is 0 Å². The van der Waals surface area contributed by atoms with Gasteiger partial charge in [-0.15, -0.1) is 0 Å². The van der Waals surface area contributed by atoms with Crippen molar-refractivity contribution in [3.05, 3.63) is 11.8 Å². The van der Waals surface area contributed by atoms with Crippen LogP contribution in [0.1, 0.15) is 47.5 Å². The van der Waals surface area contributed by atoms with Gasteiger partial charge in [-0.05, 0) is 44.9 Å². The van der Waals surface area contributed by atoms with Crippen molar-refractivity contribution in [1.29, 1.82) is 0 Å². The lowest BCUT2D eigenvalue weighted by atomic mass is 9.64. The lowest BCUT2D eigenvalue weighted by Gasteiger charge is -2.41. The monoisotopic (exact) mass is 283 g/mol. The summed E-state index contributed by atoms with van der Waals surface area (Å²) >= 11 is 0. The maximum absolute atomic E-state index is 11.7. The first-order valence-corrected chi connectivity index (χ1v) is 6.82. The van der Waals surface area contributed by atoms with Crippen LogP contribution in [0.25, 0.3) is 0 Å². The molecule has 1 rings (SSSR count). The number of esters is 1. The summed E-state index contributed by atoms with van der Waals surface area (Å²) in [6.07, 6.45) is 3.10. The Morgan fingerprint density at radius 1 is 1.25 bits per heavy atom. The van der Waals surface area contributed by atoms with Crippen LogP contribution in [0.15, 0.2) is 11.8 Å². The van der Waals surface area contributed by atoms with Gasteiger partial charge in [0.2, 0.25) is 0 Å². The highest BCUT2D eigenvalue weighted by Crippen LogP contribution is 2.45. The van der Waals surface area contributed by atoms with Gasteiger partial charge in [0.25, 0.3) is 0 Å². The van der Waals surface area contributed by atoms with Gasteiger partial charge >= 0.3 is 12.1 Å². The topological polar surface area (TPSA) is 64.6 Å². The van der Waals surface area contributed by atoms with Crippen LogP contribution in [0.2, 0.25) is 0 Å². The van der Waals surface area contributed by atoms with Crippen LogP contribution in [0.4, 0.5) is 4.79 Å². The number of carbonyl (C=O) groups is 2. The molecule has 1 N–H and O–H groups in total. The van der Waals surface area contributed by atoms with E-state index in [1.165, 1.54) is 7.11 Å². The zero-order chi connectivity index (χ0) is 15.6. The Morgan fingerprint density at radius 2 is 1.80 bits per heavy atom. The summed E-state index contributed by atoms with van der Waals surface area (Å²) in [5, 5.41) is 2.48. The Morgan fingerprint density at radius 3 is 2.20 bits per heavy atom. The fraction of sp³-hybridized carbons (Fsp3) is 0.733. The SMILES string of the molecule is COC(=O)/C(=C\C1CC(C)(C)C1)NC(=O)OC(C)(C)C. The maximum atomic E-state index is 11.7. The normalized spacial score (nSPS) is 19.0. The molecule has 0 saturated heterocycles. The fourth-order valence-electron chi connectivity index (χ4n) is 2.40.